The van der Waals surface area contributed by atoms with E-state index in [1.807, 2.05) is 18.5 Å². The number of hydrogen-bond acceptors (Lipinski definition) is 3. The molecule has 1 saturated heterocycles. The third-order valence-corrected chi connectivity index (χ3v) is 4.27. The Labute approximate surface area is 95.9 Å². The Kier molecular flexibility index (Phi) is 4.03. The molecule has 2 unspecified atom stereocenters. The van der Waals surface area contributed by atoms with Crippen molar-refractivity contribution in [1.82, 2.24) is 10.3 Å². The van der Waals surface area contributed by atoms with E-state index < -0.39 is 0 Å². The van der Waals surface area contributed by atoms with Crippen LogP contribution in [0.3, 0.4) is 0 Å². The van der Waals surface area contributed by atoms with Gasteiger partial charge in [-0.3, -0.25) is 4.98 Å². The van der Waals surface area contributed by atoms with Crippen LogP contribution in [0.5, 0.6) is 0 Å². The van der Waals surface area contributed by atoms with Crippen LogP contribution in [0.15, 0.2) is 24.5 Å². The van der Waals surface area contributed by atoms with Crippen molar-refractivity contribution in [3.8, 4) is 0 Å². The smallest absolute Gasteiger partial charge is 0.0300 e. The lowest BCUT2D eigenvalue weighted by Gasteiger charge is -2.22. The molecule has 1 aliphatic heterocycles. The van der Waals surface area contributed by atoms with Gasteiger partial charge in [-0.1, -0.05) is 6.07 Å². The first kappa shape index (κ1) is 11.0. The maximum Gasteiger partial charge on any atom is 0.0300 e. The van der Waals surface area contributed by atoms with Crippen molar-refractivity contribution in [2.45, 2.75) is 18.9 Å². The second-order valence-electron chi connectivity index (χ2n) is 4.08. The summed E-state index contributed by atoms with van der Waals surface area (Å²) in [5.74, 6) is 3.47. The number of pyridine rings is 1. The molecular weight excluding hydrogens is 204 g/mol. The molecule has 0 spiro atoms. The van der Waals surface area contributed by atoms with Crippen molar-refractivity contribution < 1.29 is 0 Å². The quantitative estimate of drug-likeness (QED) is 0.843. The average molecular weight is 222 g/mol. The van der Waals surface area contributed by atoms with Crippen LogP contribution in [0.1, 0.15) is 12.0 Å². The summed E-state index contributed by atoms with van der Waals surface area (Å²) in [6, 6.07) is 4.80. The van der Waals surface area contributed by atoms with E-state index >= 15 is 0 Å². The lowest BCUT2D eigenvalue weighted by Crippen LogP contribution is -2.35. The molecule has 0 radical (unpaired) electrons. The third kappa shape index (κ3) is 2.95. The fraction of sp³-hybridized carbons (Fsp3) is 0.583. The number of aromatic nitrogens is 1. The molecule has 1 aromatic rings. The van der Waals surface area contributed by atoms with E-state index in [-0.39, 0.29) is 0 Å². The molecule has 0 aliphatic carbocycles. The summed E-state index contributed by atoms with van der Waals surface area (Å²) >= 11 is 2.08. The predicted octanol–water partition coefficient (Wildman–Crippen LogP) is 1.97. The second-order valence-corrected chi connectivity index (χ2v) is 5.23. The summed E-state index contributed by atoms with van der Waals surface area (Å²) in [6.07, 6.45) is 6.28. The van der Waals surface area contributed by atoms with Gasteiger partial charge in [0.25, 0.3) is 0 Å². The van der Waals surface area contributed by atoms with E-state index in [9.17, 15) is 0 Å². The van der Waals surface area contributed by atoms with E-state index in [0.29, 0.717) is 6.04 Å². The minimum Gasteiger partial charge on any atom is -0.316 e. The first-order valence-corrected chi connectivity index (χ1v) is 6.69. The van der Waals surface area contributed by atoms with Crippen molar-refractivity contribution in [3.05, 3.63) is 30.1 Å². The van der Waals surface area contributed by atoms with Crippen LogP contribution in [0.2, 0.25) is 0 Å². The highest BCUT2D eigenvalue weighted by molar-refractivity contribution is 7.99. The molecule has 1 aliphatic rings. The molecule has 1 fully saturated rings. The molecular formula is C12H18N2S. The summed E-state index contributed by atoms with van der Waals surface area (Å²) in [7, 11) is 2.07. The van der Waals surface area contributed by atoms with E-state index in [1.165, 1.54) is 23.5 Å². The molecule has 2 nitrogen and oxygen atoms in total. The van der Waals surface area contributed by atoms with Gasteiger partial charge in [0.15, 0.2) is 0 Å². The fourth-order valence-corrected chi connectivity index (χ4v) is 3.49. The number of thioether (sulfide) groups is 1. The second kappa shape index (κ2) is 5.52. The van der Waals surface area contributed by atoms with Gasteiger partial charge in [-0.05, 0) is 48.9 Å². The van der Waals surface area contributed by atoms with Gasteiger partial charge in [0.05, 0.1) is 0 Å². The highest BCUT2D eigenvalue weighted by Gasteiger charge is 2.24. The summed E-state index contributed by atoms with van der Waals surface area (Å²) in [6.45, 7) is 0. The van der Waals surface area contributed by atoms with Crippen molar-refractivity contribution >= 4 is 11.8 Å². The van der Waals surface area contributed by atoms with E-state index in [2.05, 4.69) is 35.2 Å². The number of nitrogens with one attached hydrogen (secondary N) is 1. The molecule has 2 atom stereocenters. The van der Waals surface area contributed by atoms with Crippen LogP contribution >= 0.6 is 11.8 Å². The number of nitrogens with zero attached hydrogens (tertiary/aromatic N) is 1. The summed E-state index contributed by atoms with van der Waals surface area (Å²) < 4.78 is 0. The Morgan fingerprint density at radius 1 is 1.67 bits per heavy atom. The molecule has 0 saturated carbocycles. The molecule has 2 heterocycles. The first-order chi connectivity index (χ1) is 7.40. The minimum absolute atomic E-state index is 0.615. The molecule has 0 bridgehead atoms. The summed E-state index contributed by atoms with van der Waals surface area (Å²) in [4.78, 5) is 4.17. The highest BCUT2D eigenvalue weighted by Crippen LogP contribution is 2.27. The van der Waals surface area contributed by atoms with Gasteiger partial charge in [-0.2, -0.15) is 11.8 Å². The standard InChI is InChI=1S/C12H18N2S/c1-13-12(11-4-6-15-9-11)7-10-3-2-5-14-8-10/h2-3,5,8,11-13H,4,6-7,9H2,1H3. The normalized spacial score (nSPS) is 22.9. The largest absolute Gasteiger partial charge is 0.316 e. The van der Waals surface area contributed by atoms with Crippen molar-refractivity contribution in [2.75, 3.05) is 18.6 Å². The van der Waals surface area contributed by atoms with Crippen LogP contribution in [-0.2, 0) is 6.42 Å². The van der Waals surface area contributed by atoms with Crippen molar-refractivity contribution in [1.29, 1.82) is 0 Å². The van der Waals surface area contributed by atoms with Crippen LogP contribution in [0.25, 0.3) is 0 Å². The lowest BCUT2D eigenvalue weighted by atomic mass is 9.94. The monoisotopic (exact) mass is 222 g/mol. The Hall–Kier alpha value is -0.540. The van der Waals surface area contributed by atoms with Crippen LogP contribution in [0, 0.1) is 5.92 Å². The lowest BCUT2D eigenvalue weighted by molar-refractivity contribution is 0.404. The predicted molar refractivity (Wildman–Crippen MR) is 66.2 cm³/mol. The van der Waals surface area contributed by atoms with E-state index in [1.54, 1.807) is 0 Å². The molecule has 1 aromatic heterocycles. The Balaban J connectivity index is 1.96. The Morgan fingerprint density at radius 2 is 2.60 bits per heavy atom. The molecule has 82 valence electrons. The molecule has 3 heteroatoms. The average Bonchev–Trinajstić information content (AvgIpc) is 2.81. The van der Waals surface area contributed by atoms with Gasteiger partial charge in [0.1, 0.15) is 0 Å². The van der Waals surface area contributed by atoms with Gasteiger partial charge in [-0.25, -0.2) is 0 Å². The number of likely N-dealkylation sites (N-methyl/N-ethyl adjacent to an activating group) is 1. The van der Waals surface area contributed by atoms with E-state index in [0.717, 1.165) is 12.3 Å². The molecule has 2 rings (SSSR count). The molecule has 0 amide bonds. The maximum atomic E-state index is 4.17. The van der Waals surface area contributed by atoms with Crippen molar-refractivity contribution in [2.24, 2.45) is 5.92 Å². The van der Waals surface area contributed by atoms with Gasteiger partial charge < -0.3 is 5.32 Å². The number of rotatable bonds is 4. The van der Waals surface area contributed by atoms with Crippen molar-refractivity contribution in [3.63, 3.8) is 0 Å². The zero-order chi connectivity index (χ0) is 10.5. The Bertz CT molecular complexity index is 283. The molecule has 0 aromatic carbocycles. The molecule has 1 N–H and O–H groups in total. The zero-order valence-corrected chi connectivity index (χ0v) is 9.96. The summed E-state index contributed by atoms with van der Waals surface area (Å²) in [5, 5.41) is 3.45. The zero-order valence-electron chi connectivity index (χ0n) is 9.15. The highest BCUT2D eigenvalue weighted by atomic mass is 32.2. The topological polar surface area (TPSA) is 24.9 Å². The van der Waals surface area contributed by atoms with E-state index in [4.69, 9.17) is 0 Å². The van der Waals surface area contributed by atoms with Crippen LogP contribution in [0.4, 0.5) is 0 Å². The van der Waals surface area contributed by atoms with Gasteiger partial charge >= 0.3 is 0 Å². The summed E-state index contributed by atoms with van der Waals surface area (Å²) in [5.41, 5.74) is 1.34. The third-order valence-electron chi connectivity index (χ3n) is 3.08. The first-order valence-electron chi connectivity index (χ1n) is 5.54. The van der Waals surface area contributed by atoms with Gasteiger partial charge in [0.2, 0.25) is 0 Å². The van der Waals surface area contributed by atoms with Crippen LogP contribution in [-0.4, -0.2) is 29.6 Å². The molecule has 15 heavy (non-hydrogen) atoms. The van der Waals surface area contributed by atoms with Gasteiger partial charge in [0, 0.05) is 18.4 Å². The fourth-order valence-electron chi connectivity index (χ4n) is 2.15. The maximum absolute atomic E-state index is 4.17. The van der Waals surface area contributed by atoms with Gasteiger partial charge in [-0.15, -0.1) is 0 Å². The Morgan fingerprint density at radius 3 is 3.20 bits per heavy atom. The minimum atomic E-state index is 0.615. The SMILES string of the molecule is CNC(Cc1cccnc1)C1CCSC1. The number of hydrogen-bond donors (Lipinski definition) is 1. The van der Waals surface area contributed by atoms with Crippen LogP contribution < -0.4 is 5.32 Å².